The Hall–Kier alpha value is -3.18. The highest BCUT2D eigenvalue weighted by Gasteiger charge is 2.22. The molecule has 0 atom stereocenters. The van der Waals surface area contributed by atoms with Crippen molar-refractivity contribution in [2.24, 2.45) is 0 Å². The molecule has 148 valence electrons. The molecule has 0 fully saturated rings. The van der Waals surface area contributed by atoms with Crippen LogP contribution in [0.15, 0.2) is 46.2 Å². The fraction of sp³-hybridized carbons (Fsp3) is 0.111. The Morgan fingerprint density at radius 1 is 1.24 bits per heavy atom. The van der Waals surface area contributed by atoms with E-state index < -0.39 is 11.7 Å². The molecule has 2 heterocycles. The van der Waals surface area contributed by atoms with Gasteiger partial charge in [-0.3, -0.25) is 10.1 Å². The highest BCUT2D eigenvalue weighted by Crippen LogP contribution is 2.44. The van der Waals surface area contributed by atoms with Gasteiger partial charge in [-0.25, -0.2) is 4.39 Å². The summed E-state index contributed by atoms with van der Waals surface area (Å²) in [7, 11) is 2.98. The third-order valence-electron chi connectivity index (χ3n) is 3.95. The summed E-state index contributed by atoms with van der Waals surface area (Å²) < 4.78 is 25.2. The number of aromatic nitrogens is 4. The molecular weight excluding hydrogens is 417 g/mol. The van der Waals surface area contributed by atoms with Crippen LogP contribution in [0.2, 0.25) is 0 Å². The van der Waals surface area contributed by atoms with E-state index in [4.69, 9.17) is 9.47 Å². The molecule has 29 heavy (non-hydrogen) atoms. The number of thiophene rings is 1. The largest absolute Gasteiger partial charge is 0.497 e. The number of nitrogens with one attached hydrogen (secondary N) is 2. The predicted octanol–water partition coefficient (Wildman–Crippen LogP) is 3.97. The standard InChI is InChI=1S/C18H14FN5O3S2/c1-26-9-4-3-5-10(6-9)28-15-11-7-13(27-2)12(19)8-14(11)29-16(15)17(25)20-18-21-23-24-22-18/h3-8H,1-2H3,(H2,20,21,22,23,24,25). The number of carbonyl (C=O) groups is 1. The maximum atomic E-state index is 14.2. The minimum atomic E-state index is -0.496. The van der Waals surface area contributed by atoms with Crippen LogP contribution in [0.1, 0.15) is 9.67 Å². The highest BCUT2D eigenvalue weighted by molar-refractivity contribution is 7.99. The zero-order valence-corrected chi connectivity index (χ0v) is 16.9. The van der Waals surface area contributed by atoms with Gasteiger partial charge in [-0.05, 0) is 35.5 Å². The van der Waals surface area contributed by atoms with Crippen LogP contribution in [-0.4, -0.2) is 40.8 Å². The van der Waals surface area contributed by atoms with E-state index in [1.54, 1.807) is 13.2 Å². The van der Waals surface area contributed by atoms with Gasteiger partial charge in [-0.2, -0.15) is 5.21 Å². The molecule has 0 radical (unpaired) electrons. The summed E-state index contributed by atoms with van der Waals surface area (Å²) in [6.07, 6.45) is 0. The van der Waals surface area contributed by atoms with Gasteiger partial charge in [0.1, 0.15) is 10.6 Å². The molecule has 11 heteroatoms. The zero-order chi connectivity index (χ0) is 20.4. The molecule has 4 rings (SSSR count). The molecule has 8 nitrogen and oxygen atoms in total. The van der Waals surface area contributed by atoms with Crippen molar-refractivity contribution in [3.05, 3.63) is 47.1 Å². The van der Waals surface area contributed by atoms with Crippen molar-refractivity contribution in [2.75, 3.05) is 19.5 Å². The highest BCUT2D eigenvalue weighted by atomic mass is 32.2. The molecule has 4 aromatic rings. The van der Waals surface area contributed by atoms with Crippen molar-refractivity contribution in [1.82, 2.24) is 20.6 Å². The number of halogens is 1. The van der Waals surface area contributed by atoms with Gasteiger partial charge >= 0.3 is 0 Å². The maximum Gasteiger partial charge on any atom is 0.270 e. The van der Waals surface area contributed by atoms with Crippen LogP contribution < -0.4 is 14.8 Å². The molecular formula is C18H14FN5O3S2. The van der Waals surface area contributed by atoms with E-state index in [9.17, 15) is 9.18 Å². The number of hydrogen-bond donors (Lipinski definition) is 2. The molecule has 2 aromatic carbocycles. The fourth-order valence-corrected chi connectivity index (χ4v) is 4.97. The van der Waals surface area contributed by atoms with Crippen LogP contribution in [-0.2, 0) is 0 Å². The minimum absolute atomic E-state index is 0.0496. The monoisotopic (exact) mass is 431 g/mol. The Labute approximate surface area is 172 Å². The van der Waals surface area contributed by atoms with Gasteiger partial charge in [-0.1, -0.05) is 22.9 Å². The molecule has 0 saturated heterocycles. The number of carbonyl (C=O) groups excluding carboxylic acids is 1. The third-order valence-corrected chi connectivity index (χ3v) is 6.35. The number of ether oxygens (including phenoxy) is 2. The number of fused-ring (bicyclic) bond motifs is 1. The van der Waals surface area contributed by atoms with Crippen molar-refractivity contribution in [3.63, 3.8) is 0 Å². The molecule has 0 aliphatic heterocycles. The van der Waals surface area contributed by atoms with Gasteiger partial charge in [0.25, 0.3) is 11.9 Å². The van der Waals surface area contributed by atoms with Crippen molar-refractivity contribution in [1.29, 1.82) is 0 Å². The predicted molar refractivity (Wildman–Crippen MR) is 108 cm³/mol. The lowest BCUT2D eigenvalue weighted by atomic mass is 10.2. The Morgan fingerprint density at radius 3 is 2.83 bits per heavy atom. The minimum Gasteiger partial charge on any atom is -0.497 e. The SMILES string of the molecule is COc1cccc(Sc2c(C(=O)Nc3nn[nH]n3)sc3cc(F)c(OC)cc23)c1. The number of amides is 1. The quantitative estimate of drug-likeness (QED) is 0.476. The molecule has 2 N–H and O–H groups in total. The third kappa shape index (κ3) is 3.87. The molecule has 0 bridgehead atoms. The first kappa shape index (κ1) is 19.2. The molecule has 0 unspecified atom stereocenters. The second kappa shape index (κ2) is 8.05. The first-order valence-electron chi connectivity index (χ1n) is 8.25. The van der Waals surface area contributed by atoms with Gasteiger partial charge in [0.05, 0.1) is 14.2 Å². The molecule has 0 aliphatic carbocycles. The number of H-pyrrole nitrogens is 1. The number of tetrazole rings is 1. The second-order valence-corrected chi connectivity index (χ2v) is 7.85. The lowest BCUT2D eigenvalue weighted by Crippen LogP contribution is -2.12. The molecule has 0 aliphatic rings. The Morgan fingerprint density at radius 2 is 2.10 bits per heavy atom. The fourth-order valence-electron chi connectivity index (χ4n) is 2.64. The van der Waals surface area contributed by atoms with E-state index >= 15 is 0 Å². The summed E-state index contributed by atoms with van der Waals surface area (Å²) in [6.45, 7) is 0. The Balaban J connectivity index is 1.82. The first-order chi connectivity index (χ1) is 14.1. The van der Waals surface area contributed by atoms with Crippen molar-refractivity contribution in [3.8, 4) is 11.5 Å². The molecule has 0 saturated carbocycles. The van der Waals surface area contributed by atoms with Crippen molar-refractivity contribution < 1.29 is 18.7 Å². The van der Waals surface area contributed by atoms with E-state index in [0.717, 1.165) is 4.90 Å². The van der Waals surface area contributed by atoms with Gasteiger partial charge in [0.2, 0.25) is 0 Å². The molecule has 1 amide bonds. The number of benzene rings is 2. The number of nitrogens with zero attached hydrogens (tertiary/aromatic N) is 3. The van der Waals surface area contributed by atoms with Crippen molar-refractivity contribution >= 4 is 45.0 Å². The topological polar surface area (TPSA) is 102 Å². The number of aromatic amines is 1. The first-order valence-corrected chi connectivity index (χ1v) is 9.89. The van der Waals surface area contributed by atoms with Crippen LogP contribution in [0.25, 0.3) is 10.1 Å². The van der Waals surface area contributed by atoms with E-state index in [2.05, 4.69) is 25.9 Å². The van der Waals surface area contributed by atoms with Crippen LogP contribution in [0, 0.1) is 5.82 Å². The number of hydrogen-bond acceptors (Lipinski definition) is 8. The van der Waals surface area contributed by atoms with Crippen molar-refractivity contribution in [2.45, 2.75) is 9.79 Å². The van der Waals surface area contributed by atoms with Crippen LogP contribution in [0.3, 0.4) is 0 Å². The smallest absolute Gasteiger partial charge is 0.270 e. The van der Waals surface area contributed by atoms with E-state index in [0.29, 0.717) is 25.6 Å². The number of methoxy groups -OCH3 is 2. The summed E-state index contributed by atoms with van der Waals surface area (Å²) in [4.78, 5) is 14.8. The average molecular weight is 431 g/mol. The van der Waals surface area contributed by atoms with Crippen LogP contribution in [0.4, 0.5) is 10.3 Å². The zero-order valence-electron chi connectivity index (χ0n) is 15.2. The normalized spacial score (nSPS) is 10.9. The summed E-state index contributed by atoms with van der Waals surface area (Å²) in [5.41, 5.74) is 0. The summed E-state index contributed by atoms with van der Waals surface area (Å²) in [5.74, 6) is -0.0703. The van der Waals surface area contributed by atoms with E-state index in [1.807, 2.05) is 24.3 Å². The summed E-state index contributed by atoms with van der Waals surface area (Å²) in [6, 6.07) is 10.4. The van der Waals surface area contributed by atoms with E-state index in [-0.39, 0.29) is 11.7 Å². The van der Waals surface area contributed by atoms with Crippen LogP contribution in [0.5, 0.6) is 11.5 Å². The van der Waals surface area contributed by atoms with Crippen LogP contribution >= 0.6 is 23.1 Å². The van der Waals surface area contributed by atoms with Gasteiger partial charge in [0.15, 0.2) is 11.6 Å². The number of anilines is 1. The summed E-state index contributed by atoms with van der Waals surface area (Å²) >= 11 is 2.54. The molecule has 0 spiro atoms. The Kier molecular flexibility index (Phi) is 5.32. The van der Waals surface area contributed by atoms with Gasteiger partial charge < -0.3 is 9.47 Å². The van der Waals surface area contributed by atoms with Gasteiger partial charge in [-0.15, -0.1) is 16.4 Å². The lowest BCUT2D eigenvalue weighted by Gasteiger charge is -2.07. The van der Waals surface area contributed by atoms with E-state index in [1.165, 1.54) is 36.3 Å². The second-order valence-electron chi connectivity index (χ2n) is 5.71. The number of rotatable bonds is 6. The summed E-state index contributed by atoms with van der Waals surface area (Å²) in [5, 5.41) is 16.5. The molecule has 2 aromatic heterocycles. The Bertz CT molecular complexity index is 1180. The average Bonchev–Trinajstić information content (AvgIpc) is 3.35. The maximum absolute atomic E-state index is 14.2. The lowest BCUT2D eigenvalue weighted by molar-refractivity contribution is 0.102. The van der Waals surface area contributed by atoms with Gasteiger partial charge in [0, 0.05) is 19.9 Å².